The van der Waals surface area contributed by atoms with E-state index < -0.39 is 16.1 Å². The van der Waals surface area contributed by atoms with Crippen LogP contribution in [0.4, 0.5) is 0 Å². The third kappa shape index (κ3) is 2.96. The van der Waals surface area contributed by atoms with Crippen LogP contribution in [0, 0.1) is 13.8 Å². The number of aryl methyl sites for hydroxylation is 2. The van der Waals surface area contributed by atoms with Crippen LogP contribution in [-0.4, -0.2) is 29.0 Å². The molecule has 2 aromatic rings. The number of tetrazole rings is 1. The molecule has 2 rings (SSSR count). The number of aromatic nitrogens is 4. The second-order valence-corrected chi connectivity index (χ2v) is 6.06. The molecule has 2 N–H and O–H groups in total. The van der Waals surface area contributed by atoms with Gasteiger partial charge >= 0.3 is 0 Å². The Morgan fingerprint density at radius 1 is 1.32 bits per heavy atom. The van der Waals surface area contributed by atoms with E-state index in [9.17, 15) is 8.42 Å². The van der Waals surface area contributed by atoms with Crippen molar-refractivity contribution in [3.8, 4) is 0 Å². The fourth-order valence-electron chi connectivity index (χ4n) is 1.70. The SMILES string of the molecule is Cc1ccc(C)c(S(=O)(=O)NC(C)c2nn[nH]n2)c1. The van der Waals surface area contributed by atoms with Crippen LogP contribution in [-0.2, 0) is 10.0 Å². The van der Waals surface area contributed by atoms with Gasteiger partial charge in [-0.1, -0.05) is 17.3 Å². The van der Waals surface area contributed by atoms with E-state index in [2.05, 4.69) is 25.3 Å². The fraction of sp³-hybridized carbons (Fsp3) is 0.364. The second-order valence-electron chi connectivity index (χ2n) is 4.38. The van der Waals surface area contributed by atoms with Gasteiger partial charge in [-0.15, -0.1) is 10.2 Å². The van der Waals surface area contributed by atoms with E-state index in [0.29, 0.717) is 11.4 Å². The molecule has 8 heteroatoms. The van der Waals surface area contributed by atoms with E-state index in [0.717, 1.165) is 5.56 Å². The lowest BCUT2D eigenvalue weighted by Gasteiger charge is -2.13. The number of hydrogen-bond acceptors (Lipinski definition) is 5. The predicted octanol–water partition coefficient (Wildman–Crippen LogP) is 0.856. The number of rotatable bonds is 4. The van der Waals surface area contributed by atoms with Gasteiger partial charge in [-0.2, -0.15) is 5.21 Å². The molecule has 0 fully saturated rings. The largest absolute Gasteiger partial charge is 0.241 e. The number of nitrogens with zero attached hydrogens (tertiary/aromatic N) is 3. The standard InChI is InChI=1S/C11H15N5O2S/c1-7-4-5-8(2)10(6-7)19(17,18)14-9(3)11-12-15-16-13-11/h4-6,9,14H,1-3H3,(H,12,13,15,16). The zero-order valence-electron chi connectivity index (χ0n) is 10.9. The first-order valence-electron chi connectivity index (χ1n) is 5.73. The Bertz CT molecular complexity index is 666. The first-order valence-corrected chi connectivity index (χ1v) is 7.21. The van der Waals surface area contributed by atoms with Crippen molar-refractivity contribution in [2.24, 2.45) is 0 Å². The third-order valence-corrected chi connectivity index (χ3v) is 4.40. The van der Waals surface area contributed by atoms with E-state index in [1.807, 2.05) is 13.0 Å². The van der Waals surface area contributed by atoms with Gasteiger partial charge in [0, 0.05) is 0 Å². The molecule has 0 saturated carbocycles. The van der Waals surface area contributed by atoms with Crippen molar-refractivity contribution in [1.29, 1.82) is 0 Å². The highest BCUT2D eigenvalue weighted by atomic mass is 32.2. The molecule has 0 radical (unpaired) electrons. The van der Waals surface area contributed by atoms with Crippen LogP contribution in [0.3, 0.4) is 0 Å². The van der Waals surface area contributed by atoms with Crippen molar-refractivity contribution in [1.82, 2.24) is 25.3 Å². The predicted molar refractivity (Wildman–Crippen MR) is 68.8 cm³/mol. The van der Waals surface area contributed by atoms with Gasteiger partial charge < -0.3 is 0 Å². The number of aromatic amines is 1. The molecule has 102 valence electrons. The van der Waals surface area contributed by atoms with Crippen molar-refractivity contribution < 1.29 is 8.42 Å². The maximum Gasteiger partial charge on any atom is 0.241 e. The summed E-state index contributed by atoms with van der Waals surface area (Å²) in [5.74, 6) is 0.300. The molecule has 0 spiro atoms. The average molecular weight is 281 g/mol. The molecule has 0 amide bonds. The minimum Gasteiger partial charge on any atom is -0.207 e. The van der Waals surface area contributed by atoms with E-state index >= 15 is 0 Å². The van der Waals surface area contributed by atoms with Crippen LogP contribution in [0.5, 0.6) is 0 Å². The first kappa shape index (κ1) is 13.6. The number of H-pyrrole nitrogens is 1. The van der Waals surface area contributed by atoms with E-state index in [1.165, 1.54) is 0 Å². The fourth-order valence-corrected chi connectivity index (χ4v) is 3.23. The quantitative estimate of drug-likeness (QED) is 0.865. The molecular formula is C11H15N5O2S. The van der Waals surface area contributed by atoms with Gasteiger partial charge in [-0.25, -0.2) is 13.1 Å². The smallest absolute Gasteiger partial charge is 0.207 e. The molecule has 7 nitrogen and oxygen atoms in total. The zero-order chi connectivity index (χ0) is 14.0. The molecule has 0 aliphatic rings. The lowest BCUT2D eigenvalue weighted by Crippen LogP contribution is -2.28. The Kier molecular flexibility index (Phi) is 3.63. The maximum atomic E-state index is 12.3. The number of nitrogens with one attached hydrogen (secondary N) is 2. The number of sulfonamides is 1. The minimum atomic E-state index is -3.61. The number of benzene rings is 1. The average Bonchev–Trinajstić information content (AvgIpc) is 2.85. The van der Waals surface area contributed by atoms with Crippen LogP contribution in [0.2, 0.25) is 0 Å². The summed E-state index contributed by atoms with van der Waals surface area (Å²) < 4.78 is 27.2. The molecule has 1 atom stereocenters. The molecule has 1 aromatic heterocycles. The van der Waals surface area contributed by atoms with Gasteiger partial charge in [0.2, 0.25) is 10.0 Å². The maximum absolute atomic E-state index is 12.3. The highest BCUT2D eigenvalue weighted by Gasteiger charge is 2.22. The Balaban J connectivity index is 2.30. The Labute approximate surface area is 111 Å². The van der Waals surface area contributed by atoms with E-state index in [4.69, 9.17) is 0 Å². The lowest BCUT2D eigenvalue weighted by atomic mass is 10.2. The summed E-state index contributed by atoms with van der Waals surface area (Å²) >= 11 is 0. The molecule has 0 bridgehead atoms. The van der Waals surface area contributed by atoms with E-state index in [-0.39, 0.29) is 4.90 Å². The third-order valence-electron chi connectivity index (χ3n) is 2.71. The van der Waals surface area contributed by atoms with Gasteiger partial charge in [0.15, 0.2) is 5.82 Å². The van der Waals surface area contributed by atoms with Crippen LogP contribution >= 0.6 is 0 Å². The molecule has 0 saturated heterocycles. The second kappa shape index (κ2) is 5.06. The van der Waals surface area contributed by atoms with Crippen LogP contribution in [0.15, 0.2) is 23.1 Å². The summed E-state index contributed by atoms with van der Waals surface area (Å²) in [4.78, 5) is 0.267. The van der Waals surface area contributed by atoms with Gasteiger partial charge in [0.25, 0.3) is 0 Å². The highest BCUT2D eigenvalue weighted by molar-refractivity contribution is 7.89. The summed E-state index contributed by atoms with van der Waals surface area (Å²) in [7, 11) is -3.61. The molecule has 0 aliphatic heterocycles. The van der Waals surface area contributed by atoms with Gasteiger partial charge in [0.05, 0.1) is 10.9 Å². The number of hydrogen-bond donors (Lipinski definition) is 2. The Morgan fingerprint density at radius 3 is 2.68 bits per heavy atom. The Morgan fingerprint density at radius 2 is 2.05 bits per heavy atom. The molecule has 1 heterocycles. The lowest BCUT2D eigenvalue weighted by molar-refractivity contribution is 0.559. The first-order chi connectivity index (χ1) is 8.90. The zero-order valence-corrected chi connectivity index (χ0v) is 11.7. The van der Waals surface area contributed by atoms with Gasteiger partial charge in [-0.3, -0.25) is 0 Å². The topological polar surface area (TPSA) is 101 Å². The monoisotopic (exact) mass is 281 g/mol. The van der Waals surface area contributed by atoms with Crippen molar-refractivity contribution in [2.45, 2.75) is 31.7 Å². The Hall–Kier alpha value is -1.80. The summed E-state index contributed by atoms with van der Waals surface area (Å²) in [5.41, 5.74) is 1.58. The summed E-state index contributed by atoms with van der Waals surface area (Å²) in [6, 6.07) is 4.74. The van der Waals surface area contributed by atoms with Crippen molar-refractivity contribution in [3.05, 3.63) is 35.2 Å². The summed E-state index contributed by atoms with van der Waals surface area (Å²) in [5, 5.41) is 13.2. The van der Waals surface area contributed by atoms with Gasteiger partial charge in [-0.05, 0) is 38.0 Å². The summed E-state index contributed by atoms with van der Waals surface area (Å²) in [6.07, 6.45) is 0. The molecule has 1 aromatic carbocycles. The van der Waals surface area contributed by atoms with Crippen molar-refractivity contribution in [2.75, 3.05) is 0 Å². The molecule has 19 heavy (non-hydrogen) atoms. The highest BCUT2D eigenvalue weighted by Crippen LogP contribution is 2.18. The summed E-state index contributed by atoms with van der Waals surface area (Å²) in [6.45, 7) is 5.27. The van der Waals surface area contributed by atoms with Gasteiger partial charge in [0.1, 0.15) is 0 Å². The molecular weight excluding hydrogens is 266 g/mol. The minimum absolute atomic E-state index is 0.267. The van der Waals surface area contributed by atoms with Crippen LogP contribution < -0.4 is 4.72 Å². The van der Waals surface area contributed by atoms with Crippen molar-refractivity contribution in [3.63, 3.8) is 0 Å². The normalized spacial score (nSPS) is 13.4. The molecule has 1 unspecified atom stereocenters. The molecule has 0 aliphatic carbocycles. The van der Waals surface area contributed by atoms with E-state index in [1.54, 1.807) is 26.0 Å². The van der Waals surface area contributed by atoms with Crippen molar-refractivity contribution >= 4 is 10.0 Å². The van der Waals surface area contributed by atoms with Crippen LogP contribution in [0.1, 0.15) is 29.9 Å². The van der Waals surface area contributed by atoms with Crippen LogP contribution in [0.25, 0.3) is 0 Å².